The van der Waals surface area contributed by atoms with Gasteiger partial charge in [0.2, 0.25) is 0 Å². The lowest BCUT2D eigenvalue weighted by molar-refractivity contribution is 0.102. The van der Waals surface area contributed by atoms with Gasteiger partial charge in [0.25, 0.3) is 5.91 Å². The van der Waals surface area contributed by atoms with Gasteiger partial charge in [0.05, 0.1) is 36.0 Å². The van der Waals surface area contributed by atoms with E-state index in [1.807, 2.05) is 49.4 Å². The quantitative estimate of drug-likeness (QED) is 0.275. The number of ether oxygens (including phenoxy) is 1. The smallest absolute Gasteiger partial charge is 0.258 e. The van der Waals surface area contributed by atoms with Crippen LogP contribution in [0, 0.1) is 6.92 Å². The van der Waals surface area contributed by atoms with Gasteiger partial charge < -0.3 is 10.1 Å². The second-order valence-electron chi connectivity index (χ2n) is 9.44. The van der Waals surface area contributed by atoms with E-state index in [-0.39, 0.29) is 29.6 Å². The molecule has 2 aromatic heterocycles. The summed E-state index contributed by atoms with van der Waals surface area (Å²) in [4.78, 5) is 30.2. The summed E-state index contributed by atoms with van der Waals surface area (Å²) in [7, 11) is -1.69. The first-order valence-electron chi connectivity index (χ1n) is 12.7. The minimum absolute atomic E-state index is 0.114. The van der Waals surface area contributed by atoms with Crippen molar-refractivity contribution in [1.29, 1.82) is 0 Å². The maximum Gasteiger partial charge on any atom is 0.258 e. The van der Waals surface area contributed by atoms with Gasteiger partial charge >= 0.3 is 0 Å². The van der Waals surface area contributed by atoms with Gasteiger partial charge in [-0.3, -0.25) is 9.78 Å². The molecule has 0 unspecified atom stereocenters. The fraction of sp³-hybridized carbons (Fsp3) is 0.233. The van der Waals surface area contributed by atoms with E-state index in [1.54, 1.807) is 19.5 Å². The zero-order valence-electron chi connectivity index (χ0n) is 22.7. The Balaban J connectivity index is 1.41. The lowest BCUT2D eigenvalue weighted by atomic mass is 9.95. The van der Waals surface area contributed by atoms with Crippen molar-refractivity contribution in [3.8, 4) is 17.0 Å². The van der Waals surface area contributed by atoms with Crippen LogP contribution in [0.25, 0.3) is 11.3 Å². The highest BCUT2D eigenvalue weighted by molar-refractivity contribution is 7.94. The second-order valence-corrected chi connectivity index (χ2v) is 11.5. The minimum atomic E-state index is -3.34. The van der Waals surface area contributed by atoms with E-state index in [0.29, 0.717) is 17.9 Å². The summed E-state index contributed by atoms with van der Waals surface area (Å²) in [5.41, 5.74) is 5.58. The molecule has 40 heavy (non-hydrogen) atoms. The fourth-order valence-electron chi connectivity index (χ4n) is 4.10. The second kappa shape index (κ2) is 12.6. The predicted octanol–water partition coefficient (Wildman–Crippen LogP) is 4.95. The van der Waals surface area contributed by atoms with Crippen LogP contribution in [-0.4, -0.2) is 47.1 Å². The summed E-state index contributed by atoms with van der Waals surface area (Å²) >= 11 is 0. The van der Waals surface area contributed by atoms with Crippen LogP contribution in [0.4, 0.5) is 5.69 Å². The number of amides is 1. The average Bonchev–Trinajstić information content (AvgIpc) is 2.97. The van der Waals surface area contributed by atoms with E-state index in [0.717, 1.165) is 39.2 Å². The number of nitrogens with one attached hydrogen (secondary N) is 1. The topological polar surface area (TPSA) is 124 Å². The van der Waals surface area contributed by atoms with E-state index in [4.69, 9.17) is 9.72 Å². The number of hydrogen-bond donors (Lipinski definition) is 1. The highest BCUT2D eigenvalue weighted by Gasteiger charge is 2.14. The third kappa shape index (κ3) is 7.35. The molecule has 0 aliphatic carbocycles. The molecule has 4 rings (SSSR count). The number of aromatic nitrogens is 4. The Morgan fingerprint density at radius 3 is 2.60 bits per heavy atom. The van der Waals surface area contributed by atoms with Gasteiger partial charge in [0.1, 0.15) is 11.6 Å². The van der Waals surface area contributed by atoms with Crippen LogP contribution in [0.15, 0.2) is 79.2 Å². The molecule has 0 fully saturated rings. The Kier molecular flexibility index (Phi) is 9.00. The zero-order valence-corrected chi connectivity index (χ0v) is 23.5. The highest BCUT2D eigenvalue weighted by atomic mass is 32.2. The number of rotatable bonds is 11. The van der Waals surface area contributed by atoms with Crippen molar-refractivity contribution in [2.45, 2.75) is 32.6 Å². The van der Waals surface area contributed by atoms with Gasteiger partial charge in [-0.1, -0.05) is 37.8 Å². The van der Waals surface area contributed by atoms with Crippen molar-refractivity contribution >= 4 is 21.4 Å². The summed E-state index contributed by atoms with van der Waals surface area (Å²) in [6, 6.07) is 13.6. The number of sulfone groups is 1. The molecule has 0 spiro atoms. The third-order valence-electron chi connectivity index (χ3n) is 6.45. The molecule has 1 amide bonds. The molecule has 4 aromatic rings. The number of methoxy groups -OCH3 is 1. The summed E-state index contributed by atoms with van der Waals surface area (Å²) in [6.45, 7) is 7.39. The molecule has 2 heterocycles. The molecule has 1 N–H and O–H groups in total. The lowest BCUT2D eigenvalue weighted by Gasteiger charge is -2.14. The number of anilines is 1. The Morgan fingerprint density at radius 1 is 1.10 bits per heavy atom. The zero-order chi connectivity index (χ0) is 28.7. The fourth-order valence-corrected chi connectivity index (χ4v) is 4.73. The standard InChI is InChI=1S/C30H31N5O4S/c1-5-40(37,38)12-11-29-32-16-24(17-33-29)30(36)35-25-8-6-7-22(14-25)21(3)13-26-18-31-19-27(34-26)23-10-9-20(2)28(15-23)39-4/h5-10,14-19,21H,1,11-13H2,2-4H3,(H,35,36)/t21-/m1/s1. The summed E-state index contributed by atoms with van der Waals surface area (Å²) in [5, 5.41) is 3.79. The van der Waals surface area contributed by atoms with Crippen LogP contribution in [0.2, 0.25) is 0 Å². The van der Waals surface area contributed by atoms with Crippen LogP contribution in [0.5, 0.6) is 5.75 Å². The summed E-state index contributed by atoms with van der Waals surface area (Å²) in [5.74, 6) is 0.763. The van der Waals surface area contributed by atoms with E-state index in [2.05, 4.69) is 33.8 Å². The molecule has 0 saturated carbocycles. The SMILES string of the molecule is C=CS(=O)(=O)CCc1ncc(C(=O)Nc2cccc([C@H](C)Cc3cncc(-c4ccc(C)c(OC)c4)n3)c2)cn1. The first kappa shape index (κ1) is 28.6. The van der Waals surface area contributed by atoms with Crippen molar-refractivity contribution in [3.63, 3.8) is 0 Å². The Hall–Kier alpha value is -4.44. The third-order valence-corrected chi connectivity index (χ3v) is 7.73. The van der Waals surface area contributed by atoms with Crippen molar-refractivity contribution in [2.24, 2.45) is 0 Å². The number of carbonyl (C=O) groups excluding carboxylic acids is 1. The van der Waals surface area contributed by atoms with E-state index in [9.17, 15) is 13.2 Å². The van der Waals surface area contributed by atoms with Crippen LogP contribution in [0.1, 0.15) is 45.8 Å². The van der Waals surface area contributed by atoms with Gasteiger partial charge in [-0.2, -0.15) is 0 Å². The van der Waals surface area contributed by atoms with Gasteiger partial charge in [0, 0.05) is 41.7 Å². The van der Waals surface area contributed by atoms with Gasteiger partial charge in [-0.15, -0.1) is 0 Å². The minimum Gasteiger partial charge on any atom is -0.496 e. The molecule has 10 heteroatoms. The number of benzene rings is 2. The van der Waals surface area contributed by atoms with E-state index in [1.165, 1.54) is 12.4 Å². The molecule has 2 aromatic carbocycles. The predicted molar refractivity (Wildman–Crippen MR) is 155 cm³/mol. The molecule has 0 bridgehead atoms. The maximum atomic E-state index is 12.8. The maximum absolute atomic E-state index is 12.8. The molecule has 9 nitrogen and oxygen atoms in total. The van der Waals surface area contributed by atoms with Crippen molar-refractivity contribution in [1.82, 2.24) is 19.9 Å². The summed E-state index contributed by atoms with van der Waals surface area (Å²) < 4.78 is 28.6. The van der Waals surface area contributed by atoms with Crippen LogP contribution < -0.4 is 10.1 Å². The molecule has 206 valence electrons. The molecular weight excluding hydrogens is 526 g/mol. The van der Waals surface area contributed by atoms with Crippen molar-refractivity contribution in [3.05, 3.63) is 107 Å². The number of aryl methyl sites for hydroxylation is 2. The molecule has 0 aliphatic rings. The Morgan fingerprint density at radius 2 is 1.88 bits per heavy atom. The first-order chi connectivity index (χ1) is 19.2. The monoisotopic (exact) mass is 557 g/mol. The van der Waals surface area contributed by atoms with Gasteiger partial charge in [-0.25, -0.2) is 23.4 Å². The number of nitrogens with zero attached hydrogens (tertiary/aromatic N) is 4. The molecular formula is C30H31N5O4S. The average molecular weight is 558 g/mol. The van der Waals surface area contributed by atoms with Crippen LogP contribution in [0.3, 0.4) is 0 Å². The molecule has 1 atom stereocenters. The largest absolute Gasteiger partial charge is 0.496 e. The van der Waals surface area contributed by atoms with Gasteiger partial charge in [-0.05, 0) is 48.6 Å². The van der Waals surface area contributed by atoms with Crippen LogP contribution >= 0.6 is 0 Å². The summed E-state index contributed by atoms with van der Waals surface area (Å²) in [6.07, 6.45) is 7.10. The first-order valence-corrected chi connectivity index (χ1v) is 14.4. The van der Waals surface area contributed by atoms with E-state index < -0.39 is 9.84 Å². The number of hydrogen-bond acceptors (Lipinski definition) is 8. The number of carbonyl (C=O) groups is 1. The molecule has 0 aliphatic heterocycles. The Labute approximate surface area is 234 Å². The molecule has 0 radical (unpaired) electrons. The van der Waals surface area contributed by atoms with E-state index >= 15 is 0 Å². The Bertz CT molecular complexity index is 1620. The van der Waals surface area contributed by atoms with Crippen molar-refractivity contribution < 1.29 is 17.9 Å². The van der Waals surface area contributed by atoms with Crippen LogP contribution in [-0.2, 0) is 22.7 Å². The molecule has 0 saturated heterocycles. The lowest BCUT2D eigenvalue weighted by Crippen LogP contribution is -2.14. The van der Waals surface area contributed by atoms with Crippen molar-refractivity contribution in [2.75, 3.05) is 18.2 Å². The van der Waals surface area contributed by atoms with Gasteiger partial charge in [0.15, 0.2) is 9.84 Å². The highest BCUT2D eigenvalue weighted by Crippen LogP contribution is 2.27. The normalized spacial score (nSPS) is 12.0.